The number of hydrogen-bond acceptors (Lipinski definition) is 7. The summed E-state index contributed by atoms with van der Waals surface area (Å²) in [5.74, 6) is -0.195. The number of benzene rings is 2. The van der Waals surface area contributed by atoms with Crippen molar-refractivity contribution >= 4 is 11.9 Å². The minimum Gasteiger partial charge on any atom is -0.484 e. The fourth-order valence-electron chi connectivity index (χ4n) is 3.20. The molecule has 0 saturated heterocycles. The maximum atomic E-state index is 12.6. The molecule has 0 aliphatic heterocycles. The highest BCUT2D eigenvalue weighted by molar-refractivity contribution is 5.86. The van der Waals surface area contributed by atoms with E-state index in [1.54, 1.807) is 0 Å². The van der Waals surface area contributed by atoms with Crippen molar-refractivity contribution in [3.63, 3.8) is 0 Å². The zero-order valence-corrected chi connectivity index (χ0v) is 18.7. The van der Waals surface area contributed by atoms with Crippen molar-refractivity contribution in [1.29, 1.82) is 0 Å². The maximum absolute atomic E-state index is 12.6. The summed E-state index contributed by atoms with van der Waals surface area (Å²) in [5.41, 5.74) is 1.46. The van der Waals surface area contributed by atoms with Crippen molar-refractivity contribution in [2.45, 2.75) is 45.3 Å². The second kappa shape index (κ2) is 10.1. The molecule has 168 valence electrons. The fourth-order valence-corrected chi connectivity index (χ4v) is 3.20. The number of aromatic nitrogens is 1. The van der Waals surface area contributed by atoms with E-state index >= 15 is 0 Å². The first-order chi connectivity index (χ1) is 15.2. The fraction of sp³-hybridized carbons (Fsp3) is 0.320. The molecule has 1 heterocycles. The SMILES string of the molecule is COC(=O)c1coc(COc2cccc([C@@H](CC(=O)OC(C)(C)C)c3ccccc3)c2)n1. The van der Waals surface area contributed by atoms with Gasteiger partial charge in [0, 0.05) is 5.92 Å². The largest absolute Gasteiger partial charge is 0.484 e. The Morgan fingerprint density at radius 2 is 1.75 bits per heavy atom. The lowest BCUT2D eigenvalue weighted by molar-refractivity contribution is -0.155. The van der Waals surface area contributed by atoms with Gasteiger partial charge in [-0.1, -0.05) is 42.5 Å². The van der Waals surface area contributed by atoms with Crippen LogP contribution in [0.25, 0.3) is 0 Å². The van der Waals surface area contributed by atoms with E-state index in [4.69, 9.17) is 13.9 Å². The first kappa shape index (κ1) is 23.1. The lowest BCUT2D eigenvalue weighted by atomic mass is 9.88. The smallest absolute Gasteiger partial charge is 0.360 e. The maximum Gasteiger partial charge on any atom is 0.360 e. The first-order valence-corrected chi connectivity index (χ1v) is 10.3. The summed E-state index contributed by atoms with van der Waals surface area (Å²) in [5, 5.41) is 0. The second-order valence-electron chi connectivity index (χ2n) is 8.23. The summed E-state index contributed by atoms with van der Waals surface area (Å²) < 4.78 is 21.2. The van der Waals surface area contributed by atoms with Gasteiger partial charge >= 0.3 is 11.9 Å². The number of hydrogen-bond donors (Lipinski definition) is 0. The normalized spacial score (nSPS) is 12.1. The lowest BCUT2D eigenvalue weighted by Crippen LogP contribution is -2.25. The molecular formula is C25H27NO6. The molecule has 0 fully saturated rings. The summed E-state index contributed by atoms with van der Waals surface area (Å²) >= 11 is 0. The number of esters is 2. The Morgan fingerprint density at radius 3 is 2.44 bits per heavy atom. The monoisotopic (exact) mass is 437 g/mol. The molecule has 2 aromatic carbocycles. The van der Waals surface area contributed by atoms with Crippen LogP contribution in [0.15, 0.2) is 65.3 Å². The van der Waals surface area contributed by atoms with Crippen molar-refractivity contribution < 1.29 is 28.2 Å². The predicted molar refractivity (Wildman–Crippen MR) is 117 cm³/mol. The lowest BCUT2D eigenvalue weighted by Gasteiger charge is -2.23. The molecule has 7 nitrogen and oxygen atoms in total. The van der Waals surface area contributed by atoms with Gasteiger partial charge in [-0.3, -0.25) is 4.79 Å². The predicted octanol–water partition coefficient (Wildman–Crippen LogP) is 4.90. The van der Waals surface area contributed by atoms with Crippen molar-refractivity contribution in [2.75, 3.05) is 7.11 Å². The highest BCUT2D eigenvalue weighted by atomic mass is 16.6. The van der Waals surface area contributed by atoms with Crippen LogP contribution in [-0.4, -0.2) is 29.6 Å². The molecule has 1 atom stereocenters. The van der Waals surface area contributed by atoms with Crippen molar-refractivity contribution in [3.05, 3.63) is 83.6 Å². The first-order valence-electron chi connectivity index (χ1n) is 10.3. The third-order valence-electron chi connectivity index (χ3n) is 4.56. The molecule has 0 aliphatic rings. The minimum atomic E-state index is -0.574. The third kappa shape index (κ3) is 6.44. The standard InChI is InChI=1S/C25H27NO6/c1-25(2,3)32-23(27)14-20(17-9-6-5-7-10-17)18-11-8-12-19(13-18)30-16-22-26-21(15-31-22)24(28)29-4/h5-13,15,20H,14,16H2,1-4H3/t20-/m0/s1. The molecule has 0 unspecified atom stereocenters. The van der Waals surface area contributed by atoms with E-state index in [0.29, 0.717) is 5.75 Å². The van der Waals surface area contributed by atoms with E-state index in [2.05, 4.69) is 9.72 Å². The van der Waals surface area contributed by atoms with Gasteiger partial charge in [0.05, 0.1) is 13.5 Å². The van der Waals surface area contributed by atoms with Crippen LogP contribution in [0.1, 0.15) is 60.6 Å². The molecule has 0 spiro atoms. The van der Waals surface area contributed by atoms with Crippen LogP contribution in [-0.2, 0) is 20.9 Å². The van der Waals surface area contributed by atoms with E-state index in [9.17, 15) is 9.59 Å². The van der Waals surface area contributed by atoms with Crippen LogP contribution in [0.2, 0.25) is 0 Å². The highest BCUT2D eigenvalue weighted by Crippen LogP contribution is 2.31. The van der Waals surface area contributed by atoms with Gasteiger partial charge in [0.25, 0.3) is 0 Å². The van der Waals surface area contributed by atoms with Crippen molar-refractivity contribution in [2.24, 2.45) is 0 Å². The van der Waals surface area contributed by atoms with Crippen LogP contribution >= 0.6 is 0 Å². The molecule has 0 saturated carbocycles. The molecule has 0 radical (unpaired) electrons. The topological polar surface area (TPSA) is 87.9 Å². The van der Waals surface area contributed by atoms with E-state index in [0.717, 1.165) is 11.1 Å². The van der Waals surface area contributed by atoms with Crippen LogP contribution in [0, 0.1) is 0 Å². The van der Waals surface area contributed by atoms with Gasteiger partial charge in [-0.05, 0) is 44.0 Å². The Kier molecular flexibility index (Phi) is 7.30. The van der Waals surface area contributed by atoms with E-state index in [1.165, 1.54) is 13.4 Å². The van der Waals surface area contributed by atoms with Gasteiger partial charge in [-0.25, -0.2) is 9.78 Å². The van der Waals surface area contributed by atoms with Gasteiger partial charge < -0.3 is 18.6 Å². The van der Waals surface area contributed by atoms with Crippen molar-refractivity contribution in [3.8, 4) is 5.75 Å². The molecular weight excluding hydrogens is 410 g/mol. The number of rotatable bonds is 8. The Balaban J connectivity index is 1.77. The van der Waals surface area contributed by atoms with Gasteiger partial charge in [0.2, 0.25) is 5.89 Å². The van der Waals surface area contributed by atoms with Crippen molar-refractivity contribution in [1.82, 2.24) is 4.98 Å². The molecule has 3 aromatic rings. The average Bonchev–Trinajstić information content (AvgIpc) is 3.24. The summed E-state index contributed by atoms with van der Waals surface area (Å²) in [6.07, 6.45) is 1.43. The molecule has 3 rings (SSSR count). The number of ether oxygens (including phenoxy) is 3. The zero-order valence-electron chi connectivity index (χ0n) is 18.7. The van der Waals surface area contributed by atoms with Gasteiger partial charge in [-0.15, -0.1) is 0 Å². The molecule has 0 bridgehead atoms. The molecule has 0 amide bonds. The molecule has 0 aliphatic carbocycles. The third-order valence-corrected chi connectivity index (χ3v) is 4.56. The highest BCUT2D eigenvalue weighted by Gasteiger charge is 2.23. The average molecular weight is 437 g/mol. The second-order valence-corrected chi connectivity index (χ2v) is 8.23. The quantitative estimate of drug-likeness (QED) is 0.463. The minimum absolute atomic E-state index is 0.0442. The number of oxazole rings is 1. The van der Waals surface area contributed by atoms with Crippen LogP contribution in [0.3, 0.4) is 0 Å². The van der Waals surface area contributed by atoms with E-state index in [-0.39, 0.29) is 36.5 Å². The Bertz CT molecular complexity index is 1050. The molecule has 1 aromatic heterocycles. The summed E-state index contributed by atoms with van der Waals surface area (Å²) in [4.78, 5) is 28.1. The summed E-state index contributed by atoms with van der Waals surface area (Å²) in [7, 11) is 1.28. The number of methoxy groups -OCH3 is 1. The van der Waals surface area contributed by atoms with Gasteiger partial charge in [0.15, 0.2) is 12.3 Å². The summed E-state index contributed by atoms with van der Waals surface area (Å²) in [6.45, 7) is 5.60. The Morgan fingerprint density at radius 1 is 1.03 bits per heavy atom. The summed E-state index contributed by atoms with van der Waals surface area (Å²) in [6, 6.07) is 17.3. The Labute approximate surface area is 187 Å². The van der Waals surface area contributed by atoms with Crippen LogP contribution in [0.5, 0.6) is 5.75 Å². The Hall–Kier alpha value is -3.61. The van der Waals surface area contributed by atoms with Gasteiger partial charge in [0.1, 0.15) is 17.6 Å². The van der Waals surface area contributed by atoms with Crippen LogP contribution < -0.4 is 4.74 Å². The van der Waals surface area contributed by atoms with E-state index in [1.807, 2.05) is 75.4 Å². The van der Waals surface area contributed by atoms with E-state index < -0.39 is 11.6 Å². The number of carbonyl (C=O) groups is 2. The zero-order chi connectivity index (χ0) is 23.1. The van der Waals surface area contributed by atoms with Gasteiger partial charge in [-0.2, -0.15) is 0 Å². The number of nitrogens with zero attached hydrogens (tertiary/aromatic N) is 1. The molecule has 32 heavy (non-hydrogen) atoms. The molecule has 7 heteroatoms. The number of carbonyl (C=O) groups excluding carboxylic acids is 2. The molecule has 0 N–H and O–H groups in total. The van der Waals surface area contributed by atoms with Crippen LogP contribution in [0.4, 0.5) is 0 Å².